The van der Waals surface area contributed by atoms with Crippen LogP contribution in [-0.4, -0.2) is 27.5 Å². The number of hydrogen-bond acceptors (Lipinski definition) is 4. The lowest BCUT2D eigenvalue weighted by Crippen LogP contribution is -2.24. The molecule has 0 saturated heterocycles. The zero-order chi connectivity index (χ0) is 19.3. The second-order valence-electron chi connectivity index (χ2n) is 5.51. The fourth-order valence-corrected chi connectivity index (χ4v) is 3.71. The van der Waals surface area contributed by atoms with Crippen LogP contribution in [0.15, 0.2) is 41.3 Å². The first kappa shape index (κ1) is 20.2. The lowest BCUT2D eigenvalue weighted by Gasteiger charge is -2.14. The average Bonchev–Trinajstić information content (AvgIpc) is 2.58. The number of rotatable bonds is 7. The summed E-state index contributed by atoms with van der Waals surface area (Å²) in [6, 6.07) is 9.46. The lowest BCUT2D eigenvalue weighted by atomic mass is 10.1. The molecule has 0 aromatic heterocycles. The van der Waals surface area contributed by atoms with Crippen LogP contribution in [0.25, 0.3) is 0 Å². The molecule has 2 rings (SSSR count). The predicted octanol–water partition coefficient (Wildman–Crippen LogP) is 3.60. The van der Waals surface area contributed by atoms with E-state index < -0.39 is 15.9 Å². The first-order valence-electron chi connectivity index (χ1n) is 8.12. The van der Waals surface area contributed by atoms with Crippen LogP contribution in [0.1, 0.15) is 29.8 Å². The number of sulfonamides is 1. The Balaban J connectivity index is 2.40. The van der Waals surface area contributed by atoms with Gasteiger partial charge in [-0.3, -0.25) is 4.79 Å². The molecule has 0 aliphatic carbocycles. The normalized spacial score (nSPS) is 11.2. The van der Waals surface area contributed by atoms with E-state index in [0.29, 0.717) is 17.3 Å². The highest BCUT2D eigenvalue weighted by atomic mass is 35.5. The summed E-state index contributed by atoms with van der Waals surface area (Å²) in [4.78, 5) is 12.5. The van der Waals surface area contributed by atoms with Gasteiger partial charge in [0.2, 0.25) is 10.0 Å². The van der Waals surface area contributed by atoms with Crippen molar-refractivity contribution < 1.29 is 17.9 Å². The lowest BCUT2D eigenvalue weighted by molar-refractivity contribution is 0.102. The van der Waals surface area contributed by atoms with Gasteiger partial charge in [-0.1, -0.05) is 24.6 Å². The third kappa shape index (κ3) is 4.75. The van der Waals surface area contributed by atoms with Gasteiger partial charge in [0.05, 0.1) is 6.61 Å². The molecule has 2 aromatic carbocycles. The zero-order valence-electron chi connectivity index (χ0n) is 14.8. The molecule has 0 heterocycles. The molecule has 2 aromatic rings. The molecule has 0 atom stereocenters. The van der Waals surface area contributed by atoms with Crippen molar-refractivity contribution in [1.29, 1.82) is 0 Å². The highest BCUT2D eigenvalue weighted by Crippen LogP contribution is 2.26. The molecule has 0 saturated carbocycles. The second kappa shape index (κ2) is 8.53. The van der Waals surface area contributed by atoms with E-state index in [0.717, 1.165) is 5.56 Å². The van der Waals surface area contributed by atoms with E-state index in [1.165, 1.54) is 18.2 Å². The Morgan fingerprint density at radius 3 is 2.54 bits per heavy atom. The van der Waals surface area contributed by atoms with Crippen molar-refractivity contribution in [3.05, 3.63) is 52.5 Å². The van der Waals surface area contributed by atoms with Crippen molar-refractivity contribution in [3.8, 4) is 5.75 Å². The fraction of sp³-hybridized carbons (Fsp3) is 0.278. The number of anilines is 1. The van der Waals surface area contributed by atoms with Gasteiger partial charge >= 0.3 is 0 Å². The van der Waals surface area contributed by atoms with Crippen LogP contribution in [0, 0.1) is 6.92 Å². The Morgan fingerprint density at radius 1 is 1.15 bits per heavy atom. The van der Waals surface area contributed by atoms with E-state index in [4.69, 9.17) is 16.3 Å². The van der Waals surface area contributed by atoms with Crippen molar-refractivity contribution in [2.45, 2.75) is 25.7 Å². The van der Waals surface area contributed by atoms with Crippen LogP contribution in [0.2, 0.25) is 5.02 Å². The maximum Gasteiger partial charge on any atom is 0.255 e. The molecule has 0 bridgehead atoms. The van der Waals surface area contributed by atoms with Gasteiger partial charge in [-0.05, 0) is 49.7 Å². The highest BCUT2D eigenvalue weighted by molar-refractivity contribution is 7.89. The Hall–Kier alpha value is -2.09. The monoisotopic (exact) mass is 396 g/mol. The van der Waals surface area contributed by atoms with Gasteiger partial charge in [0.15, 0.2) is 0 Å². The van der Waals surface area contributed by atoms with Crippen molar-refractivity contribution in [2.75, 3.05) is 18.5 Å². The Labute approximate surface area is 158 Å². The minimum absolute atomic E-state index is 0.0725. The van der Waals surface area contributed by atoms with Crippen LogP contribution < -0.4 is 14.8 Å². The first-order valence-corrected chi connectivity index (χ1v) is 9.98. The third-order valence-corrected chi connectivity index (χ3v) is 5.38. The van der Waals surface area contributed by atoms with Gasteiger partial charge in [0, 0.05) is 22.8 Å². The van der Waals surface area contributed by atoms with E-state index in [9.17, 15) is 13.2 Å². The molecule has 8 heteroatoms. The molecule has 0 unspecified atom stereocenters. The van der Waals surface area contributed by atoms with Gasteiger partial charge in [-0.15, -0.1) is 0 Å². The van der Waals surface area contributed by atoms with Gasteiger partial charge in [0.25, 0.3) is 5.91 Å². The van der Waals surface area contributed by atoms with E-state index in [2.05, 4.69) is 10.0 Å². The number of benzene rings is 2. The Kier molecular flexibility index (Phi) is 6.63. The summed E-state index contributed by atoms with van der Waals surface area (Å²) in [5.74, 6) is -0.240. The third-order valence-electron chi connectivity index (χ3n) is 3.58. The second-order valence-corrected chi connectivity index (χ2v) is 7.68. The molecule has 1 amide bonds. The minimum Gasteiger partial charge on any atom is -0.492 e. The number of amides is 1. The Morgan fingerprint density at radius 2 is 1.88 bits per heavy atom. The highest BCUT2D eigenvalue weighted by Gasteiger charge is 2.21. The first-order chi connectivity index (χ1) is 12.3. The van der Waals surface area contributed by atoms with E-state index >= 15 is 0 Å². The number of nitrogens with one attached hydrogen (secondary N) is 2. The van der Waals surface area contributed by atoms with E-state index in [-0.39, 0.29) is 22.8 Å². The maximum atomic E-state index is 12.6. The van der Waals surface area contributed by atoms with Gasteiger partial charge < -0.3 is 10.1 Å². The largest absolute Gasteiger partial charge is 0.492 e. The predicted molar refractivity (Wildman–Crippen MR) is 103 cm³/mol. The molecule has 140 valence electrons. The zero-order valence-corrected chi connectivity index (χ0v) is 16.4. The van der Waals surface area contributed by atoms with E-state index in [1.807, 2.05) is 6.92 Å². The van der Waals surface area contributed by atoms with Crippen molar-refractivity contribution >= 4 is 33.2 Å². The molecular weight excluding hydrogens is 376 g/mol. The van der Waals surface area contributed by atoms with Gasteiger partial charge in [-0.25, -0.2) is 13.1 Å². The summed E-state index contributed by atoms with van der Waals surface area (Å²) in [5.41, 5.74) is 1.60. The maximum absolute atomic E-state index is 12.6. The minimum atomic E-state index is -3.78. The molecule has 0 fully saturated rings. The molecular formula is C18H21ClN2O4S. The summed E-state index contributed by atoms with van der Waals surface area (Å²) < 4.78 is 32.6. The van der Waals surface area contributed by atoms with Gasteiger partial charge in [-0.2, -0.15) is 0 Å². The summed E-state index contributed by atoms with van der Waals surface area (Å²) in [7, 11) is -3.78. The van der Waals surface area contributed by atoms with Crippen LogP contribution in [0.5, 0.6) is 5.75 Å². The number of carbonyl (C=O) groups excluding carboxylic acids is 1. The van der Waals surface area contributed by atoms with Crippen LogP contribution in [0.4, 0.5) is 5.69 Å². The van der Waals surface area contributed by atoms with Crippen LogP contribution in [-0.2, 0) is 10.0 Å². The number of halogens is 1. The molecule has 0 aliphatic rings. The smallest absolute Gasteiger partial charge is 0.255 e. The molecule has 26 heavy (non-hydrogen) atoms. The Bertz CT molecular complexity index is 913. The summed E-state index contributed by atoms with van der Waals surface area (Å²) in [5, 5.41) is 3.24. The topological polar surface area (TPSA) is 84.5 Å². The standard InChI is InChI=1S/C18H21ClN2O4S/c1-4-20-26(23,24)17-10-13(7-9-16(17)25-5-2)18(22)21-15-11-14(19)8-6-12(15)3/h6-11,20H,4-5H2,1-3H3,(H,21,22). The summed E-state index contributed by atoms with van der Waals surface area (Å²) in [6.07, 6.45) is 0. The number of aryl methyl sites for hydroxylation is 1. The number of carbonyl (C=O) groups is 1. The van der Waals surface area contributed by atoms with Crippen molar-refractivity contribution in [3.63, 3.8) is 0 Å². The fourth-order valence-electron chi connectivity index (χ4n) is 2.33. The van der Waals surface area contributed by atoms with Crippen molar-refractivity contribution in [1.82, 2.24) is 4.72 Å². The van der Waals surface area contributed by atoms with Crippen LogP contribution in [0.3, 0.4) is 0 Å². The van der Waals surface area contributed by atoms with Gasteiger partial charge in [0.1, 0.15) is 10.6 Å². The average molecular weight is 397 g/mol. The number of hydrogen-bond donors (Lipinski definition) is 2. The quantitative estimate of drug-likeness (QED) is 0.748. The molecule has 0 radical (unpaired) electrons. The number of ether oxygens (including phenoxy) is 1. The van der Waals surface area contributed by atoms with Crippen molar-refractivity contribution in [2.24, 2.45) is 0 Å². The molecule has 0 spiro atoms. The SMILES string of the molecule is CCNS(=O)(=O)c1cc(C(=O)Nc2cc(Cl)ccc2C)ccc1OCC. The summed E-state index contributed by atoms with van der Waals surface area (Å²) in [6.45, 7) is 5.81. The van der Waals surface area contributed by atoms with E-state index in [1.54, 1.807) is 32.0 Å². The molecule has 2 N–H and O–H groups in total. The van der Waals surface area contributed by atoms with Crippen LogP contribution >= 0.6 is 11.6 Å². The molecule has 6 nitrogen and oxygen atoms in total. The summed E-state index contributed by atoms with van der Waals surface area (Å²) >= 11 is 5.97. The molecule has 0 aliphatic heterocycles.